The van der Waals surface area contributed by atoms with Gasteiger partial charge in [0.2, 0.25) is 0 Å². The molecular weight excluding hydrogens is 356 g/mol. The zero-order chi connectivity index (χ0) is 20.1. The van der Waals surface area contributed by atoms with Crippen LogP contribution in [-0.2, 0) is 0 Å². The van der Waals surface area contributed by atoms with E-state index in [9.17, 15) is 9.90 Å². The molecular formula is C23H24O5. The standard InChI is InChI=1S/C23H24O5/c1-8-12(5)26-21-18-15(7-14(24)10(3)16(8)18)28-23-19(21)20(25)11(4)17-9(2)13(6)27-22(17)23/h7-9,12-13,25H,1-6H3/t8-,9-,12-,13-/m1/s1. The van der Waals surface area contributed by atoms with E-state index in [1.54, 1.807) is 0 Å². The minimum atomic E-state index is -0.131. The fraction of sp³-hybridized carbons (Fsp3) is 0.435. The zero-order valence-electron chi connectivity index (χ0n) is 17.0. The van der Waals surface area contributed by atoms with Crippen molar-refractivity contribution in [3.63, 3.8) is 0 Å². The highest BCUT2D eigenvalue weighted by atomic mass is 16.5. The molecule has 0 unspecified atom stereocenters. The molecule has 4 aliphatic rings. The zero-order valence-corrected chi connectivity index (χ0v) is 17.0. The van der Waals surface area contributed by atoms with Crippen LogP contribution in [0.1, 0.15) is 61.8 Å². The maximum absolute atomic E-state index is 12.6. The van der Waals surface area contributed by atoms with Crippen LogP contribution in [0.5, 0.6) is 17.2 Å². The smallest absolute Gasteiger partial charge is 0.185 e. The fourth-order valence-corrected chi connectivity index (χ4v) is 4.84. The normalized spacial score (nSPS) is 25.6. The highest BCUT2D eigenvalue weighted by Crippen LogP contribution is 2.56. The van der Waals surface area contributed by atoms with Gasteiger partial charge in [-0.15, -0.1) is 0 Å². The summed E-state index contributed by atoms with van der Waals surface area (Å²) in [6.07, 6.45) is -0.155. The summed E-state index contributed by atoms with van der Waals surface area (Å²) in [5, 5.41) is 11.7. The number of phenols is 1. The molecule has 0 saturated carbocycles. The summed E-state index contributed by atoms with van der Waals surface area (Å²) in [7, 11) is 0. The van der Waals surface area contributed by atoms with Crippen molar-refractivity contribution in [1.82, 2.24) is 0 Å². The number of ether oxygens (including phenoxy) is 2. The van der Waals surface area contributed by atoms with Crippen LogP contribution < -0.4 is 14.9 Å². The minimum absolute atomic E-state index is 0.0236. The molecule has 1 aliphatic carbocycles. The summed E-state index contributed by atoms with van der Waals surface area (Å²) >= 11 is 0. The summed E-state index contributed by atoms with van der Waals surface area (Å²) < 4.78 is 18.7. The second-order valence-corrected chi connectivity index (χ2v) is 8.36. The summed E-state index contributed by atoms with van der Waals surface area (Å²) in [6.45, 7) is 11.9. The first-order valence-corrected chi connectivity index (χ1v) is 9.85. The van der Waals surface area contributed by atoms with E-state index >= 15 is 0 Å². The summed E-state index contributed by atoms with van der Waals surface area (Å²) in [5.74, 6) is 2.05. The Morgan fingerprint density at radius 1 is 0.893 bits per heavy atom. The third kappa shape index (κ3) is 1.94. The maximum Gasteiger partial charge on any atom is 0.185 e. The van der Waals surface area contributed by atoms with Gasteiger partial charge in [-0.1, -0.05) is 13.8 Å². The molecule has 0 aromatic heterocycles. The van der Waals surface area contributed by atoms with Crippen molar-refractivity contribution < 1.29 is 19.0 Å². The minimum Gasteiger partial charge on any atom is -0.507 e. The molecule has 0 radical (unpaired) electrons. The number of rotatable bonds is 0. The summed E-state index contributed by atoms with van der Waals surface area (Å²) in [6, 6.07) is 1.52. The van der Waals surface area contributed by atoms with Gasteiger partial charge >= 0.3 is 0 Å². The molecule has 4 atom stereocenters. The Hall–Kier alpha value is -2.69. The average molecular weight is 380 g/mol. The van der Waals surface area contributed by atoms with Crippen molar-refractivity contribution in [3.05, 3.63) is 38.5 Å². The predicted octanol–water partition coefficient (Wildman–Crippen LogP) is 4.99. The first-order chi connectivity index (χ1) is 13.2. The predicted molar refractivity (Wildman–Crippen MR) is 107 cm³/mol. The Morgan fingerprint density at radius 3 is 2.18 bits per heavy atom. The second kappa shape index (κ2) is 5.43. The van der Waals surface area contributed by atoms with Gasteiger partial charge < -0.3 is 19.0 Å². The number of aromatic hydroxyl groups is 1. The highest BCUT2D eigenvalue weighted by Gasteiger charge is 2.39. The van der Waals surface area contributed by atoms with Crippen molar-refractivity contribution in [2.24, 2.45) is 0 Å². The molecule has 0 saturated heterocycles. The van der Waals surface area contributed by atoms with Gasteiger partial charge in [0.1, 0.15) is 34.9 Å². The highest BCUT2D eigenvalue weighted by molar-refractivity contribution is 6.02. The van der Waals surface area contributed by atoms with Gasteiger partial charge in [0, 0.05) is 29.0 Å². The average Bonchev–Trinajstić information content (AvgIpc) is 2.95. The van der Waals surface area contributed by atoms with Crippen LogP contribution in [0, 0.1) is 13.8 Å². The largest absolute Gasteiger partial charge is 0.507 e. The molecule has 3 heterocycles. The molecule has 0 fully saturated rings. The number of benzene rings is 2. The topological polar surface area (TPSA) is 68.9 Å². The van der Waals surface area contributed by atoms with E-state index in [-0.39, 0.29) is 35.2 Å². The van der Waals surface area contributed by atoms with Crippen LogP contribution in [0.3, 0.4) is 0 Å². The lowest BCUT2D eigenvalue weighted by atomic mass is 9.83. The van der Waals surface area contributed by atoms with Crippen LogP contribution in [0.15, 0.2) is 15.3 Å². The summed E-state index contributed by atoms with van der Waals surface area (Å²) in [5.41, 5.74) is 4.59. The van der Waals surface area contributed by atoms with Gasteiger partial charge in [0.25, 0.3) is 0 Å². The Kier molecular flexibility index (Phi) is 3.38. The van der Waals surface area contributed by atoms with Crippen LogP contribution >= 0.6 is 0 Å². The van der Waals surface area contributed by atoms with E-state index < -0.39 is 0 Å². The van der Waals surface area contributed by atoms with Crippen molar-refractivity contribution in [2.75, 3.05) is 0 Å². The monoisotopic (exact) mass is 380 g/mol. The number of fused-ring (bicyclic) bond motifs is 4. The third-order valence-corrected chi connectivity index (χ3v) is 6.82. The van der Waals surface area contributed by atoms with Crippen molar-refractivity contribution in [2.45, 2.75) is 65.6 Å². The van der Waals surface area contributed by atoms with E-state index in [1.165, 1.54) is 6.07 Å². The Morgan fingerprint density at radius 2 is 1.50 bits per heavy atom. The molecule has 146 valence electrons. The van der Waals surface area contributed by atoms with Crippen LogP contribution in [-0.4, -0.2) is 17.3 Å². The van der Waals surface area contributed by atoms with E-state index in [1.807, 2.05) is 27.7 Å². The van der Waals surface area contributed by atoms with Crippen molar-refractivity contribution in [1.29, 1.82) is 0 Å². The van der Waals surface area contributed by atoms with Crippen molar-refractivity contribution >= 4 is 11.0 Å². The molecule has 5 heteroatoms. The molecule has 1 aromatic rings. The number of hydrogen-bond acceptors (Lipinski definition) is 5. The lowest BCUT2D eigenvalue weighted by Crippen LogP contribution is -2.28. The Labute approximate surface area is 163 Å². The summed E-state index contributed by atoms with van der Waals surface area (Å²) in [4.78, 5) is 12.6. The maximum atomic E-state index is 12.6. The Bertz CT molecular complexity index is 1190. The lowest BCUT2D eigenvalue weighted by Gasteiger charge is -2.33. The van der Waals surface area contributed by atoms with E-state index in [0.717, 1.165) is 22.3 Å². The van der Waals surface area contributed by atoms with Crippen molar-refractivity contribution in [3.8, 4) is 28.6 Å². The van der Waals surface area contributed by atoms with E-state index in [2.05, 4.69) is 13.8 Å². The quantitative estimate of drug-likeness (QED) is 0.557. The third-order valence-electron chi connectivity index (χ3n) is 6.82. The number of phenolic OH excluding ortho intramolecular Hbond substituents is 1. The lowest BCUT2D eigenvalue weighted by molar-refractivity contribution is 0.187. The molecule has 0 amide bonds. The number of hydrogen-bond donors (Lipinski definition) is 1. The second-order valence-electron chi connectivity index (χ2n) is 8.36. The van der Waals surface area contributed by atoms with E-state index in [0.29, 0.717) is 33.8 Å². The Balaban J connectivity index is 2.04. The molecule has 3 aliphatic heterocycles. The van der Waals surface area contributed by atoms with Crippen LogP contribution in [0.25, 0.3) is 22.3 Å². The first-order valence-electron chi connectivity index (χ1n) is 9.85. The van der Waals surface area contributed by atoms with E-state index in [4.69, 9.17) is 13.9 Å². The van der Waals surface area contributed by atoms with Crippen LogP contribution in [0.4, 0.5) is 0 Å². The molecule has 5 rings (SSSR count). The van der Waals surface area contributed by atoms with Gasteiger partial charge in [-0.25, -0.2) is 0 Å². The molecule has 5 nitrogen and oxygen atoms in total. The molecule has 28 heavy (non-hydrogen) atoms. The van der Waals surface area contributed by atoms with Gasteiger partial charge in [-0.2, -0.15) is 0 Å². The van der Waals surface area contributed by atoms with Crippen LogP contribution in [0.2, 0.25) is 0 Å². The molecule has 1 N–H and O–H groups in total. The first kappa shape index (κ1) is 17.4. The fourth-order valence-electron chi connectivity index (χ4n) is 4.84. The van der Waals surface area contributed by atoms with Gasteiger partial charge in [0.05, 0.1) is 5.56 Å². The SMILES string of the molecule is Cc1c2c(c3oc4cc(=O)c(C)c5c-4c(c3c1O)O[C@H](C)[C@H]5C)O[C@H](C)[C@H]2C. The molecule has 0 spiro atoms. The van der Waals surface area contributed by atoms with Gasteiger partial charge in [-0.05, 0) is 38.8 Å². The van der Waals surface area contributed by atoms with Gasteiger partial charge in [-0.3, -0.25) is 4.79 Å². The molecule has 0 bridgehead atoms. The molecule has 1 aromatic carbocycles. The van der Waals surface area contributed by atoms with Gasteiger partial charge in [0.15, 0.2) is 16.8 Å².